The Kier molecular flexibility index (Phi) is 6.98. The topological polar surface area (TPSA) is 91.5 Å². The second kappa shape index (κ2) is 9.65. The van der Waals surface area contributed by atoms with Crippen molar-refractivity contribution >= 4 is 34.9 Å². The fraction of sp³-hybridized carbons (Fsp3) is 0.300. The second-order valence-electron chi connectivity index (χ2n) is 6.44. The van der Waals surface area contributed by atoms with Gasteiger partial charge >= 0.3 is 5.97 Å². The first-order valence-electron chi connectivity index (χ1n) is 9.26. The van der Waals surface area contributed by atoms with Gasteiger partial charge in [-0.15, -0.1) is 0 Å². The summed E-state index contributed by atoms with van der Waals surface area (Å²) in [5, 5.41) is 14.0. The molecule has 2 aromatic rings. The summed E-state index contributed by atoms with van der Waals surface area (Å²) in [6.07, 6.45) is 3.06. The molecule has 0 radical (unpaired) electrons. The zero-order valence-corrected chi connectivity index (χ0v) is 17.7. The lowest BCUT2D eigenvalue weighted by atomic mass is 10.2. The molecule has 0 spiro atoms. The summed E-state index contributed by atoms with van der Waals surface area (Å²) in [6, 6.07) is 8.65. The fourth-order valence-corrected chi connectivity index (χ4v) is 3.48. The highest BCUT2D eigenvalue weighted by molar-refractivity contribution is 6.33. The Bertz CT molecular complexity index is 1070. The Morgan fingerprint density at radius 3 is 2.67 bits per heavy atom. The van der Waals surface area contributed by atoms with E-state index < -0.39 is 11.5 Å². The number of halogens is 2. The number of nitrogens with zero attached hydrogens (tertiary/aromatic N) is 5. The first kappa shape index (κ1) is 21.7. The van der Waals surface area contributed by atoms with Crippen LogP contribution in [-0.2, 0) is 9.53 Å². The van der Waals surface area contributed by atoms with Gasteiger partial charge in [-0.3, -0.25) is 4.79 Å². The normalized spacial score (nSPS) is 14.4. The van der Waals surface area contributed by atoms with E-state index in [-0.39, 0.29) is 17.2 Å². The number of carbonyl (C=O) groups is 1. The molecule has 8 nitrogen and oxygen atoms in total. The zero-order chi connectivity index (χ0) is 21.7. The van der Waals surface area contributed by atoms with Crippen molar-refractivity contribution < 1.29 is 9.53 Å². The maximum Gasteiger partial charge on any atom is 0.350 e. The average Bonchev–Trinajstić information content (AvgIpc) is 2.74. The van der Waals surface area contributed by atoms with Gasteiger partial charge in [0.1, 0.15) is 11.1 Å². The minimum atomic E-state index is -0.640. The Morgan fingerprint density at radius 2 is 2.03 bits per heavy atom. The molecular formula is C20H19Cl2N5O3. The smallest absolute Gasteiger partial charge is 0.350 e. The number of anilines is 1. The van der Waals surface area contributed by atoms with E-state index in [1.165, 1.54) is 10.9 Å². The molecule has 30 heavy (non-hydrogen) atoms. The largest absolute Gasteiger partial charge is 0.462 e. The molecule has 156 valence electrons. The molecule has 1 aliphatic heterocycles. The first-order valence-corrected chi connectivity index (χ1v) is 10.0. The van der Waals surface area contributed by atoms with Crippen LogP contribution in [0.15, 0.2) is 47.0 Å². The third kappa shape index (κ3) is 4.75. The van der Waals surface area contributed by atoms with Crippen LogP contribution in [0, 0.1) is 11.3 Å². The lowest BCUT2D eigenvalue weighted by molar-refractivity contribution is -0.138. The zero-order valence-electron chi connectivity index (χ0n) is 16.2. The summed E-state index contributed by atoms with van der Waals surface area (Å²) >= 11 is 12.4. The number of rotatable bonds is 5. The van der Waals surface area contributed by atoms with Crippen molar-refractivity contribution in [1.29, 1.82) is 5.26 Å². The Balaban J connectivity index is 1.75. The molecule has 0 aliphatic carbocycles. The fourth-order valence-electron chi connectivity index (χ4n) is 3.05. The number of piperazine rings is 1. The Labute approximate surface area is 183 Å². The standard InChI is InChI=1S/C20H19Cl2N5O3/c1-2-30-20(29)14(11-23)13-25-6-8-26(9-7-25)17-12-24-27(19(28)18(17)22)16-5-3-4-15(21)10-16/h3-5,10,12-13H,2,6-9H2,1H3/b14-13+. The highest BCUT2D eigenvalue weighted by atomic mass is 35.5. The SMILES string of the molecule is CCOC(=O)/C(C#N)=C/N1CCN(c2cnn(-c3cccc(Cl)c3)c(=O)c2Cl)CC1. The quantitative estimate of drug-likeness (QED) is 0.395. The van der Waals surface area contributed by atoms with Crippen LogP contribution in [0.25, 0.3) is 5.69 Å². The van der Waals surface area contributed by atoms with Gasteiger partial charge in [-0.25, -0.2) is 4.79 Å². The van der Waals surface area contributed by atoms with Crippen LogP contribution in [0.4, 0.5) is 5.69 Å². The summed E-state index contributed by atoms with van der Waals surface area (Å²) < 4.78 is 6.08. The minimum Gasteiger partial charge on any atom is -0.462 e. The van der Waals surface area contributed by atoms with Gasteiger partial charge in [0.25, 0.3) is 5.56 Å². The molecule has 1 aromatic carbocycles. The van der Waals surface area contributed by atoms with E-state index in [1.807, 2.05) is 15.9 Å². The number of nitriles is 1. The first-order chi connectivity index (χ1) is 14.4. The van der Waals surface area contributed by atoms with E-state index >= 15 is 0 Å². The summed E-state index contributed by atoms with van der Waals surface area (Å²) in [5.74, 6) is -0.640. The number of benzene rings is 1. The van der Waals surface area contributed by atoms with E-state index in [1.54, 1.807) is 37.4 Å². The van der Waals surface area contributed by atoms with Gasteiger partial charge in [-0.1, -0.05) is 29.3 Å². The molecule has 2 heterocycles. The predicted molar refractivity (Wildman–Crippen MR) is 114 cm³/mol. The number of carbonyl (C=O) groups excluding carboxylic acids is 1. The minimum absolute atomic E-state index is 0.0471. The number of hydrogen-bond donors (Lipinski definition) is 0. The summed E-state index contributed by atoms with van der Waals surface area (Å²) in [4.78, 5) is 28.3. The third-order valence-corrected chi connectivity index (χ3v) is 5.13. The molecule has 0 N–H and O–H groups in total. The van der Waals surface area contributed by atoms with Crippen LogP contribution in [0.1, 0.15) is 6.92 Å². The maximum absolute atomic E-state index is 12.7. The van der Waals surface area contributed by atoms with Gasteiger partial charge in [0.2, 0.25) is 0 Å². The highest BCUT2D eigenvalue weighted by Crippen LogP contribution is 2.23. The van der Waals surface area contributed by atoms with Crippen molar-refractivity contribution in [2.45, 2.75) is 6.92 Å². The monoisotopic (exact) mass is 447 g/mol. The summed E-state index contributed by atoms with van der Waals surface area (Å²) in [7, 11) is 0. The highest BCUT2D eigenvalue weighted by Gasteiger charge is 2.22. The molecule has 1 aromatic heterocycles. The number of ether oxygens (including phenoxy) is 1. The molecule has 0 bridgehead atoms. The molecule has 0 amide bonds. The second-order valence-corrected chi connectivity index (χ2v) is 7.25. The van der Waals surface area contributed by atoms with E-state index in [0.29, 0.717) is 42.6 Å². The van der Waals surface area contributed by atoms with Gasteiger partial charge < -0.3 is 14.5 Å². The molecule has 1 aliphatic rings. The molecule has 0 atom stereocenters. The number of esters is 1. The summed E-state index contributed by atoms with van der Waals surface area (Å²) in [6.45, 7) is 4.05. The Morgan fingerprint density at radius 1 is 1.30 bits per heavy atom. The van der Waals surface area contributed by atoms with E-state index in [2.05, 4.69) is 5.10 Å². The van der Waals surface area contributed by atoms with Crippen molar-refractivity contribution in [3.63, 3.8) is 0 Å². The van der Waals surface area contributed by atoms with E-state index in [0.717, 1.165) is 0 Å². The van der Waals surface area contributed by atoms with E-state index in [4.69, 9.17) is 33.2 Å². The van der Waals surface area contributed by atoms with Gasteiger partial charge in [-0.2, -0.15) is 15.0 Å². The van der Waals surface area contributed by atoms with Crippen molar-refractivity contribution in [3.05, 3.63) is 62.6 Å². The van der Waals surface area contributed by atoms with Crippen LogP contribution >= 0.6 is 23.2 Å². The lowest BCUT2D eigenvalue weighted by Crippen LogP contribution is -2.45. The molecular weight excluding hydrogens is 429 g/mol. The number of hydrogen-bond acceptors (Lipinski definition) is 7. The molecule has 1 saturated heterocycles. The molecule has 3 rings (SSSR count). The lowest BCUT2D eigenvalue weighted by Gasteiger charge is -2.35. The van der Waals surface area contributed by atoms with Crippen molar-refractivity contribution in [3.8, 4) is 11.8 Å². The molecule has 1 fully saturated rings. The van der Waals surface area contributed by atoms with Gasteiger partial charge in [-0.05, 0) is 25.1 Å². The van der Waals surface area contributed by atoms with Gasteiger partial charge in [0.15, 0.2) is 5.57 Å². The van der Waals surface area contributed by atoms with Crippen LogP contribution in [0.2, 0.25) is 10.0 Å². The molecule has 0 saturated carbocycles. The van der Waals surface area contributed by atoms with Crippen molar-refractivity contribution in [2.75, 3.05) is 37.7 Å². The van der Waals surface area contributed by atoms with Crippen molar-refractivity contribution in [1.82, 2.24) is 14.7 Å². The molecule has 0 unspecified atom stereocenters. The maximum atomic E-state index is 12.7. The van der Waals surface area contributed by atoms with Crippen LogP contribution in [0.5, 0.6) is 0 Å². The van der Waals surface area contributed by atoms with E-state index in [9.17, 15) is 9.59 Å². The number of aromatic nitrogens is 2. The van der Waals surface area contributed by atoms with Gasteiger partial charge in [0, 0.05) is 37.4 Å². The van der Waals surface area contributed by atoms with Crippen LogP contribution in [-0.4, -0.2) is 53.4 Å². The van der Waals surface area contributed by atoms with Crippen LogP contribution in [0.3, 0.4) is 0 Å². The average molecular weight is 448 g/mol. The van der Waals surface area contributed by atoms with Crippen molar-refractivity contribution in [2.24, 2.45) is 0 Å². The third-order valence-electron chi connectivity index (χ3n) is 4.54. The van der Waals surface area contributed by atoms with Gasteiger partial charge in [0.05, 0.1) is 24.2 Å². The molecule has 10 heteroatoms. The van der Waals surface area contributed by atoms with Crippen LogP contribution < -0.4 is 10.5 Å². The Hall–Kier alpha value is -3.02. The predicted octanol–water partition coefficient (Wildman–Crippen LogP) is 2.63. The summed E-state index contributed by atoms with van der Waals surface area (Å²) in [5.41, 5.74) is 0.579.